The van der Waals surface area contributed by atoms with Crippen molar-refractivity contribution in [1.82, 2.24) is 4.98 Å². The van der Waals surface area contributed by atoms with Gasteiger partial charge in [-0.1, -0.05) is 0 Å². The summed E-state index contributed by atoms with van der Waals surface area (Å²) in [6.07, 6.45) is -9.34. The molecule has 2 heterocycles. The highest BCUT2D eigenvalue weighted by molar-refractivity contribution is 5.86. The highest BCUT2D eigenvalue weighted by Crippen LogP contribution is 2.44. The first kappa shape index (κ1) is 20.5. The summed E-state index contributed by atoms with van der Waals surface area (Å²) in [7, 11) is 0. The Morgan fingerprint density at radius 1 is 1.11 bits per heavy atom. The predicted octanol–water partition coefficient (Wildman–Crippen LogP) is 4.22. The van der Waals surface area contributed by atoms with Crippen LogP contribution in [0.15, 0.2) is 29.1 Å². The van der Waals surface area contributed by atoms with Gasteiger partial charge in [-0.3, -0.25) is 4.79 Å². The standard InChI is InChI=1S/C18H18F6N2O2/c1-9-3-6-14(16(2,28)18(22,23)24)26(9)10-4-5-13-11(7-10)12(17(19,20)21)8-15(27)25-13/h4-5,7-9,14,28H,3,6H2,1-2H3,(H,25,27)/t9-,14-,16+/m1/s1. The fourth-order valence-electron chi connectivity index (χ4n) is 3.80. The molecule has 0 radical (unpaired) electrons. The van der Waals surface area contributed by atoms with E-state index >= 15 is 0 Å². The number of aromatic nitrogens is 1. The van der Waals surface area contributed by atoms with Crippen molar-refractivity contribution >= 4 is 16.6 Å². The molecule has 1 fully saturated rings. The molecule has 154 valence electrons. The molecule has 0 bridgehead atoms. The fourth-order valence-corrected chi connectivity index (χ4v) is 3.80. The molecule has 10 heteroatoms. The van der Waals surface area contributed by atoms with E-state index in [1.165, 1.54) is 17.0 Å². The third kappa shape index (κ3) is 3.34. The average molecular weight is 408 g/mol. The highest BCUT2D eigenvalue weighted by atomic mass is 19.4. The predicted molar refractivity (Wildman–Crippen MR) is 91.2 cm³/mol. The van der Waals surface area contributed by atoms with Crippen LogP contribution in [-0.4, -0.2) is 34.0 Å². The number of pyridine rings is 1. The maximum Gasteiger partial charge on any atom is 0.418 e. The average Bonchev–Trinajstić information content (AvgIpc) is 2.94. The van der Waals surface area contributed by atoms with Crippen LogP contribution < -0.4 is 10.5 Å². The molecule has 0 unspecified atom stereocenters. The molecule has 2 N–H and O–H groups in total. The Balaban J connectivity index is 2.17. The van der Waals surface area contributed by atoms with E-state index in [2.05, 4.69) is 4.98 Å². The van der Waals surface area contributed by atoms with Gasteiger partial charge in [0.2, 0.25) is 5.56 Å². The molecule has 0 amide bonds. The van der Waals surface area contributed by atoms with Gasteiger partial charge in [-0.25, -0.2) is 0 Å². The number of halogens is 6. The zero-order valence-corrected chi connectivity index (χ0v) is 14.9. The van der Waals surface area contributed by atoms with E-state index in [4.69, 9.17) is 0 Å². The first-order valence-electron chi connectivity index (χ1n) is 8.55. The van der Waals surface area contributed by atoms with E-state index in [9.17, 15) is 36.2 Å². The smallest absolute Gasteiger partial charge is 0.379 e. The van der Waals surface area contributed by atoms with Crippen LogP contribution in [-0.2, 0) is 6.18 Å². The summed E-state index contributed by atoms with van der Waals surface area (Å²) in [5.41, 5.74) is -5.09. The number of aliphatic hydroxyl groups is 1. The Morgan fingerprint density at radius 3 is 2.32 bits per heavy atom. The minimum absolute atomic E-state index is 0.0312. The van der Waals surface area contributed by atoms with Gasteiger partial charge in [-0.05, 0) is 44.9 Å². The van der Waals surface area contributed by atoms with E-state index in [1.54, 1.807) is 6.92 Å². The Kier molecular flexibility index (Phi) is 4.68. The molecule has 1 aliphatic heterocycles. The molecule has 2 aromatic rings. The van der Waals surface area contributed by atoms with Crippen molar-refractivity contribution in [3.63, 3.8) is 0 Å². The summed E-state index contributed by atoms with van der Waals surface area (Å²) >= 11 is 0. The lowest BCUT2D eigenvalue weighted by atomic mass is 9.93. The molecule has 0 spiro atoms. The number of aromatic amines is 1. The summed E-state index contributed by atoms with van der Waals surface area (Å²) in [5.74, 6) is 0. The van der Waals surface area contributed by atoms with Crippen molar-refractivity contribution < 1.29 is 31.4 Å². The second-order valence-corrected chi connectivity index (χ2v) is 7.27. The van der Waals surface area contributed by atoms with Crippen molar-refractivity contribution in [2.45, 2.75) is 56.7 Å². The van der Waals surface area contributed by atoms with Gasteiger partial charge in [0.05, 0.1) is 11.6 Å². The van der Waals surface area contributed by atoms with Gasteiger partial charge in [-0.2, -0.15) is 26.3 Å². The second kappa shape index (κ2) is 6.40. The summed E-state index contributed by atoms with van der Waals surface area (Å²) in [4.78, 5) is 15.1. The zero-order chi connectivity index (χ0) is 21.1. The molecule has 3 rings (SSSR count). The van der Waals surface area contributed by atoms with Crippen LogP contribution in [0, 0.1) is 0 Å². The largest absolute Gasteiger partial charge is 0.418 e. The number of hydrogen-bond donors (Lipinski definition) is 2. The van der Waals surface area contributed by atoms with Crippen LogP contribution in [0.1, 0.15) is 32.3 Å². The monoisotopic (exact) mass is 408 g/mol. The van der Waals surface area contributed by atoms with Gasteiger partial charge in [-0.15, -0.1) is 0 Å². The zero-order valence-electron chi connectivity index (χ0n) is 14.9. The van der Waals surface area contributed by atoms with E-state index in [1.807, 2.05) is 0 Å². The molecule has 3 atom stereocenters. The maximum absolute atomic E-state index is 13.4. The van der Waals surface area contributed by atoms with Crippen LogP contribution >= 0.6 is 0 Å². The van der Waals surface area contributed by atoms with Crippen molar-refractivity contribution in [2.75, 3.05) is 4.90 Å². The number of fused-ring (bicyclic) bond motifs is 1. The van der Waals surface area contributed by atoms with E-state index in [0.717, 1.165) is 6.07 Å². The lowest BCUT2D eigenvalue weighted by Gasteiger charge is -2.40. The molecule has 1 aromatic carbocycles. The van der Waals surface area contributed by atoms with Crippen LogP contribution in [0.3, 0.4) is 0 Å². The third-order valence-corrected chi connectivity index (χ3v) is 5.32. The summed E-state index contributed by atoms with van der Waals surface area (Å²) in [5, 5.41) is 9.81. The topological polar surface area (TPSA) is 56.3 Å². The summed E-state index contributed by atoms with van der Waals surface area (Å²) in [6.45, 7) is 2.32. The first-order chi connectivity index (χ1) is 12.7. The number of rotatable bonds is 2. The van der Waals surface area contributed by atoms with Crippen LogP contribution in [0.4, 0.5) is 32.0 Å². The Bertz CT molecular complexity index is 948. The number of nitrogens with one attached hydrogen (secondary N) is 1. The van der Waals surface area contributed by atoms with Crippen LogP contribution in [0.2, 0.25) is 0 Å². The molecule has 28 heavy (non-hydrogen) atoms. The fraction of sp³-hybridized carbons (Fsp3) is 0.500. The normalized spacial score (nSPS) is 23.2. The molecule has 4 nitrogen and oxygen atoms in total. The second-order valence-electron chi connectivity index (χ2n) is 7.27. The van der Waals surface area contributed by atoms with E-state index < -0.39 is 41.2 Å². The number of anilines is 1. The molecule has 1 saturated heterocycles. The first-order valence-corrected chi connectivity index (χ1v) is 8.55. The maximum atomic E-state index is 13.4. The van der Waals surface area contributed by atoms with Crippen molar-refractivity contribution in [2.24, 2.45) is 0 Å². The lowest BCUT2D eigenvalue weighted by molar-refractivity contribution is -0.259. The highest BCUT2D eigenvalue weighted by Gasteiger charge is 2.58. The minimum atomic E-state index is -4.90. The van der Waals surface area contributed by atoms with E-state index in [0.29, 0.717) is 19.4 Å². The molecular weight excluding hydrogens is 390 g/mol. The Morgan fingerprint density at radius 2 is 1.75 bits per heavy atom. The molecular formula is C18H18F6N2O2. The van der Waals surface area contributed by atoms with Crippen LogP contribution in [0.5, 0.6) is 0 Å². The van der Waals surface area contributed by atoms with Gasteiger partial charge in [0.1, 0.15) is 0 Å². The van der Waals surface area contributed by atoms with Crippen LogP contribution in [0.25, 0.3) is 10.9 Å². The number of benzene rings is 1. The number of nitrogens with zero attached hydrogens (tertiary/aromatic N) is 1. The Labute approximate surface area is 155 Å². The van der Waals surface area contributed by atoms with Gasteiger partial charge >= 0.3 is 12.4 Å². The third-order valence-electron chi connectivity index (χ3n) is 5.32. The number of alkyl halides is 6. The number of hydrogen-bond acceptors (Lipinski definition) is 3. The van der Waals surface area contributed by atoms with Crippen molar-refractivity contribution in [1.29, 1.82) is 0 Å². The molecule has 0 aliphatic carbocycles. The lowest BCUT2D eigenvalue weighted by Crippen LogP contribution is -2.58. The van der Waals surface area contributed by atoms with Crippen molar-refractivity contribution in [3.05, 3.63) is 40.2 Å². The summed E-state index contributed by atoms with van der Waals surface area (Å²) in [6, 6.07) is 2.33. The molecule has 1 aliphatic rings. The van der Waals surface area contributed by atoms with Gasteiger partial charge < -0.3 is 15.0 Å². The quantitative estimate of drug-likeness (QED) is 0.732. The van der Waals surface area contributed by atoms with Gasteiger partial charge in [0.15, 0.2) is 5.60 Å². The molecule has 0 saturated carbocycles. The number of H-pyrrole nitrogens is 1. The van der Waals surface area contributed by atoms with E-state index in [-0.39, 0.29) is 23.0 Å². The van der Waals surface area contributed by atoms with Crippen molar-refractivity contribution in [3.8, 4) is 0 Å². The van der Waals surface area contributed by atoms with Gasteiger partial charge in [0, 0.05) is 28.7 Å². The summed E-state index contributed by atoms with van der Waals surface area (Å²) < 4.78 is 80.1. The molecule has 1 aromatic heterocycles. The Hall–Kier alpha value is -2.23. The van der Waals surface area contributed by atoms with Gasteiger partial charge in [0.25, 0.3) is 0 Å². The SMILES string of the molecule is C[C@@H]1CC[C@H]([C@](C)(O)C(F)(F)F)N1c1ccc2[nH]c(=O)cc(C(F)(F)F)c2c1. The minimum Gasteiger partial charge on any atom is -0.379 e.